The van der Waals surface area contributed by atoms with Gasteiger partial charge in [0, 0.05) is 12.3 Å². The molecule has 0 saturated heterocycles. The lowest BCUT2D eigenvalue weighted by Gasteiger charge is -1.98. The first-order chi connectivity index (χ1) is 9.19. The van der Waals surface area contributed by atoms with E-state index < -0.39 is 5.97 Å². The average Bonchev–Trinajstić information content (AvgIpc) is 2.86. The van der Waals surface area contributed by atoms with Crippen molar-refractivity contribution in [1.82, 2.24) is 9.97 Å². The highest BCUT2D eigenvalue weighted by molar-refractivity contribution is 7.98. The van der Waals surface area contributed by atoms with Crippen LogP contribution in [0.3, 0.4) is 0 Å². The number of carbonyl (C=O) groups excluding carboxylic acids is 1. The van der Waals surface area contributed by atoms with Crippen molar-refractivity contribution in [1.29, 1.82) is 0 Å². The predicted octanol–water partition coefficient (Wildman–Crippen LogP) is 1.83. The molecule has 2 aromatic rings. The number of hydrogen-bond acceptors (Lipinski definition) is 6. The molecule has 0 aliphatic carbocycles. The number of nitrogens with zero attached hydrogens (tertiary/aromatic N) is 1. The van der Waals surface area contributed by atoms with Gasteiger partial charge in [0.15, 0.2) is 5.16 Å². The molecule has 6 nitrogen and oxygen atoms in total. The zero-order valence-corrected chi connectivity index (χ0v) is 11.0. The first-order valence-corrected chi connectivity index (χ1v) is 6.61. The zero-order valence-electron chi connectivity index (χ0n) is 10.2. The molecule has 2 heterocycles. The van der Waals surface area contributed by atoms with E-state index in [2.05, 4.69) is 9.97 Å². The minimum atomic E-state index is -0.481. The van der Waals surface area contributed by atoms with Crippen molar-refractivity contribution in [3.8, 4) is 0 Å². The van der Waals surface area contributed by atoms with Crippen molar-refractivity contribution in [3.05, 3.63) is 46.3 Å². The van der Waals surface area contributed by atoms with E-state index in [1.165, 1.54) is 24.0 Å². The molecular formula is C12H12N2O4S. The maximum Gasteiger partial charge on any atom is 0.374 e. The van der Waals surface area contributed by atoms with Crippen molar-refractivity contribution >= 4 is 17.7 Å². The monoisotopic (exact) mass is 280 g/mol. The Balaban J connectivity index is 1.97. The molecule has 2 aromatic heterocycles. The van der Waals surface area contributed by atoms with Crippen LogP contribution in [0.5, 0.6) is 0 Å². The molecular weight excluding hydrogens is 268 g/mol. The van der Waals surface area contributed by atoms with Crippen LogP contribution < -0.4 is 5.56 Å². The number of esters is 1. The number of rotatable bonds is 5. The largest absolute Gasteiger partial charge is 0.460 e. The Morgan fingerprint density at radius 1 is 1.47 bits per heavy atom. The molecule has 0 radical (unpaired) electrons. The van der Waals surface area contributed by atoms with Gasteiger partial charge >= 0.3 is 5.97 Å². The second kappa shape index (κ2) is 6.24. The Hall–Kier alpha value is -2.02. The summed E-state index contributed by atoms with van der Waals surface area (Å²) in [7, 11) is 0. The third-order valence-electron chi connectivity index (χ3n) is 2.14. The molecule has 0 bridgehead atoms. The van der Waals surface area contributed by atoms with Gasteiger partial charge in [-0.25, -0.2) is 9.78 Å². The van der Waals surface area contributed by atoms with Crippen molar-refractivity contribution < 1.29 is 13.9 Å². The Morgan fingerprint density at radius 3 is 3.05 bits per heavy atom. The van der Waals surface area contributed by atoms with Crippen molar-refractivity contribution in [3.63, 3.8) is 0 Å². The second-order valence-electron chi connectivity index (χ2n) is 3.51. The maximum absolute atomic E-state index is 11.4. The number of carbonyl (C=O) groups is 1. The first-order valence-electron chi connectivity index (χ1n) is 5.63. The molecule has 19 heavy (non-hydrogen) atoms. The van der Waals surface area contributed by atoms with Crippen LogP contribution >= 0.6 is 11.8 Å². The van der Waals surface area contributed by atoms with E-state index in [-0.39, 0.29) is 11.3 Å². The molecule has 0 atom stereocenters. The number of nitrogens with one attached hydrogen (secondary N) is 1. The molecule has 0 saturated carbocycles. The maximum atomic E-state index is 11.4. The van der Waals surface area contributed by atoms with Crippen LogP contribution in [0.4, 0.5) is 0 Å². The Morgan fingerprint density at radius 2 is 2.32 bits per heavy atom. The van der Waals surface area contributed by atoms with Gasteiger partial charge in [0.25, 0.3) is 5.56 Å². The molecule has 0 aliphatic rings. The van der Waals surface area contributed by atoms with Gasteiger partial charge in [-0.15, -0.1) is 0 Å². The first kappa shape index (κ1) is 13.4. The molecule has 0 spiro atoms. The summed E-state index contributed by atoms with van der Waals surface area (Å²) >= 11 is 1.31. The van der Waals surface area contributed by atoms with E-state index in [4.69, 9.17) is 9.15 Å². The van der Waals surface area contributed by atoms with Crippen LogP contribution in [0.1, 0.15) is 23.2 Å². The molecule has 0 aliphatic heterocycles. The summed E-state index contributed by atoms with van der Waals surface area (Å²) in [6, 6.07) is 4.60. The van der Waals surface area contributed by atoms with E-state index in [0.29, 0.717) is 23.3 Å². The highest BCUT2D eigenvalue weighted by Gasteiger charge is 2.12. The average molecular weight is 280 g/mol. The summed E-state index contributed by atoms with van der Waals surface area (Å²) in [5.74, 6) is 0.767. The fraction of sp³-hybridized carbons (Fsp3) is 0.250. The third kappa shape index (κ3) is 3.72. The number of hydrogen-bond donors (Lipinski definition) is 1. The van der Waals surface area contributed by atoms with Gasteiger partial charge in [-0.05, 0) is 19.1 Å². The van der Waals surface area contributed by atoms with Crippen LogP contribution in [0.2, 0.25) is 0 Å². The van der Waals surface area contributed by atoms with Crippen molar-refractivity contribution in [2.45, 2.75) is 17.8 Å². The fourth-order valence-electron chi connectivity index (χ4n) is 1.33. The predicted molar refractivity (Wildman–Crippen MR) is 69.1 cm³/mol. The molecule has 0 amide bonds. The lowest BCUT2D eigenvalue weighted by atomic mass is 10.4. The third-order valence-corrected chi connectivity index (χ3v) is 3.05. The lowest BCUT2D eigenvalue weighted by Crippen LogP contribution is -2.05. The lowest BCUT2D eigenvalue weighted by molar-refractivity contribution is 0.0488. The Kier molecular flexibility index (Phi) is 4.40. The molecule has 100 valence electrons. The quantitative estimate of drug-likeness (QED) is 0.511. The van der Waals surface area contributed by atoms with Gasteiger partial charge < -0.3 is 14.1 Å². The van der Waals surface area contributed by atoms with Gasteiger partial charge in [0.05, 0.1) is 12.4 Å². The minimum Gasteiger partial charge on any atom is -0.460 e. The SMILES string of the molecule is CCOC(=O)c1ccc(CSc2nccc(=O)[nH]2)o1. The van der Waals surface area contributed by atoms with E-state index in [0.717, 1.165) is 0 Å². The highest BCUT2D eigenvalue weighted by Crippen LogP contribution is 2.20. The summed E-state index contributed by atoms with van der Waals surface area (Å²) in [4.78, 5) is 29.1. The fourth-order valence-corrected chi connectivity index (χ4v) is 2.07. The molecule has 0 unspecified atom stereocenters. The Bertz CT molecular complexity index is 620. The number of ether oxygens (including phenoxy) is 1. The molecule has 1 N–H and O–H groups in total. The van der Waals surface area contributed by atoms with Crippen LogP contribution in [0, 0.1) is 0 Å². The summed E-state index contributed by atoms with van der Waals surface area (Å²) in [5, 5.41) is 0.501. The normalized spacial score (nSPS) is 10.4. The second-order valence-corrected chi connectivity index (χ2v) is 4.48. The minimum absolute atomic E-state index is 0.173. The van der Waals surface area contributed by atoms with E-state index in [1.54, 1.807) is 19.1 Å². The van der Waals surface area contributed by atoms with Crippen molar-refractivity contribution in [2.24, 2.45) is 0 Å². The van der Waals surface area contributed by atoms with E-state index >= 15 is 0 Å². The standard InChI is InChI=1S/C12H12N2O4S/c1-2-17-11(16)9-4-3-8(18-9)7-19-12-13-6-5-10(15)14-12/h3-6H,2,7H2,1H3,(H,13,14,15). The Labute approximate surface area is 113 Å². The van der Waals surface area contributed by atoms with Crippen LogP contribution in [-0.2, 0) is 10.5 Å². The van der Waals surface area contributed by atoms with Gasteiger partial charge in [-0.3, -0.25) is 4.79 Å². The topological polar surface area (TPSA) is 85.2 Å². The number of thioether (sulfide) groups is 1. The van der Waals surface area contributed by atoms with Crippen LogP contribution in [0.25, 0.3) is 0 Å². The van der Waals surface area contributed by atoms with Gasteiger partial charge in [0.1, 0.15) is 5.76 Å². The summed E-state index contributed by atoms with van der Waals surface area (Å²) in [5.41, 5.74) is -0.204. The van der Waals surface area contributed by atoms with E-state index in [1.807, 2.05) is 0 Å². The molecule has 7 heteroatoms. The van der Waals surface area contributed by atoms with Crippen LogP contribution in [0.15, 0.2) is 38.8 Å². The summed E-state index contributed by atoms with van der Waals surface area (Å²) in [6.07, 6.45) is 1.44. The van der Waals surface area contributed by atoms with E-state index in [9.17, 15) is 9.59 Å². The number of aromatic nitrogens is 2. The van der Waals surface area contributed by atoms with Gasteiger partial charge in [0.2, 0.25) is 5.76 Å². The van der Waals surface area contributed by atoms with Gasteiger partial charge in [-0.2, -0.15) is 0 Å². The highest BCUT2D eigenvalue weighted by atomic mass is 32.2. The van der Waals surface area contributed by atoms with Gasteiger partial charge in [-0.1, -0.05) is 11.8 Å². The molecule has 2 rings (SSSR count). The molecule has 0 fully saturated rings. The number of furan rings is 1. The smallest absolute Gasteiger partial charge is 0.374 e. The van der Waals surface area contributed by atoms with Crippen LogP contribution in [-0.4, -0.2) is 22.5 Å². The number of aromatic amines is 1. The van der Waals surface area contributed by atoms with Crippen molar-refractivity contribution in [2.75, 3.05) is 6.61 Å². The summed E-state index contributed by atoms with van der Waals surface area (Å²) in [6.45, 7) is 2.04. The zero-order chi connectivity index (χ0) is 13.7. The number of H-pyrrole nitrogens is 1. The summed E-state index contributed by atoms with van der Waals surface area (Å²) < 4.78 is 10.2. The molecule has 0 aromatic carbocycles.